The zero-order valence-electron chi connectivity index (χ0n) is 29.7. The average Bonchev–Trinajstić information content (AvgIpc) is 3.78. The van der Waals surface area contributed by atoms with Gasteiger partial charge in [0.1, 0.15) is 0 Å². The highest BCUT2D eigenvalue weighted by Gasteiger charge is 2.53. The van der Waals surface area contributed by atoms with Gasteiger partial charge >= 0.3 is 0 Å². The van der Waals surface area contributed by atoms with Crippen LogP contribution in [0.1, 0.15) is 51.4 Å². The van der Waals surface area contributed by atoms with Gasteiger partial charge in [-0.25, -0.2) is 0 Å². The second kappa shape index (κ2) is 10.1. The van der Waals surface area contributed by atoms with Crippen LogP contribution in [-0.4, -0.2) is 0 Å². The van der Waals surface area contributed by atoms with Gasteiger partial charge in [-0.2, -0.15) is 0 Å². The first kappa shape index (κ1) is 29.2. The molecule has 0 fully saturated rings. The molecule has 1 heteroatoms. The van der Waals surface area contributed by atoms with Crippen LogP contribution in [0.15, 0.2) is 176 Å². The third kappa shape index (κ3) is 3.53. The summed E-state index contributed by atoms with van der Waals surface area (Å²) in [5.41, 5.74) is 24.1. The van der Waals surface area contributed by atoms with Crippen LogP contribution in [0.5, 0.6) is 0 Å². The lowest BCUT2D eigenvalue weighted by atomic mass is 9.69. The van der Waals surface area contributed by atoms with E-state index >= 15 is 0 Å². The normalized spacial score (nSPS) is 17.1. The van der Waals surface area contributed by atoms with Gasteiger partial charge in [0, 0.05) is 22.4 Å². The molecule has 0 aromatic heterocycles. The van der Waals surface area contributed by atoms with Crippen LogP contribution in [0.2, 0.25) is 0 Å². The van der Waals surface area contributed by atoms with E-state index in [1.165, 1.54) is 100 Å². The third-order valence-electron chi connectivity index (χ3n) is 12.9. The quantitative estimate of drug-likeness (QED) is 0.177. The van der Waals surface area contributed by atoms with Crippen molar-refractivity contribution in [3.8, 4) is 44.5 Å². The van der Waals surface area contributed by atoms with Gasteiger partial charge in [-0.3, -0.25) is 0 Å². The lowest BCUT2D eigenvalue weighted by Gasteiger charge is -2.33. The molecular formula is C52H35N. The first-order valence-electron chi connectivity index (χ1n) is 18.8. The molecule has 53 heavy (non-hydrogen) atoms. The van der Waals surface area contributed by atoms with E-state index in [-0.39, 0.29) is 5.41 Å². The summed E-state index contributed by atoms with van der Waals surface area (Å²) in [6.07, 6.45) is 0. The van der Waals surface area contributed by atoms with E-state index in [4.69, 9.17) is 0 Å². The van der Waals surface area contributed by atoms with Gasteiger partial charge < -0.3 is 4.90 Å². The summed E-state index contributed by atoms with van der Waals surface area (Å²) in [6, 6.07) is 66.9. The maximum absolute atomic E-state index is 2.56. The van der Waals surface area contributed by atoms with Gasteiger partial charge in [-0.15, -0.1) is 0 Å². The Hall–Kier alpha value is -6.44. The maximum Gasteiger partial charge on any atom is 0.0726 e. The van der Waals surface area contributed by atoms with Gasteiger partial charge in [-0.1, -0.05) is 145 Å². The zero-order chi connectivity index (χ0) is 35.1. The predicted octanol–water partition coefficient (Wildman–Crippen LogP) is 13.1. The minimum Gasteiger partial charge on any atom is -0.310 e. The molecule has 1 aliphatic heterocycles. The number of benzene rings is 8. The molecule has 0 saturated heterocycles. The number of aryl methyl sites for hydroxylation is 1. The van der Waals surface area contributed by atoms with E-state index in [0.29, 0.717) is 0 Å². The standard InChI is InChI=1S/C52H35N/c1-32-19-27-43-41(29-32)40-26-25-37-31-48(40)51(43,2)35-22-28-46-42(30-35)50-47(52(46)44-15-8-6-13-38(44)39-14-7-9-16-45(39)52)17-10-18-49(50)53(37)36-23-20-34(21-24-36)33-11-4-3-5-12-33/h3-31H,1-2H3. The molecule has 1 unspecified atom stereocenters. The predicted molar refractivity (Wildman–Crippen MR) is 219 cm³/mol. The minimum absolute atomic E-state index is 0.320. The molecule has 1 heterocycles. The SMILES string of the molecule is Cc1ccc2c(c1)-c1ccc3cc1C2(C)c1ccc2c(c1)-c1c(cccc1C21c2ccccc2-c2ccccc21)N3c1ccc(-c2ccccc2)cc1. The summed E-state index contributed by atoms with van der Waals surface area (Å²) in [4.78, 5) is 2.52. The number of anilines is 3. The molecule has 0 amide bonds. The highest BCUT2D eigenvalue weighted by molar-refractivity contribution is 6.02. The zero-order valence-corrected chi connectivity index (χ0v) is 29.7. The molecule has 4 aliphatic rings. The summed E-state index contributed by atoms with van der Waals surface area (Å²) in [5.74, 6) is 0. The van der Waals surface area contributed by atoms with Gasteiger partial charge in [0.05, 0.1) is 11.1 Å². The summed E-state index contributed by atoms with van der Waals surface area (Å²) in [5, 5.41) is 0. The lowest BCUT2D eigenvalue weighted by molar-refractivity contribution is 0.712. The first-order valence-corrected chi connectivity index (χ1v) is 18.8. The lowest BCUT2D eigenvalue weighted by Crippen LogP contribution is -2.26. The van der Waals surface area contributed by atoms with Gasteiger partial charge in [0.2, 0.25) is 0 Å². The molecule has 0 saturated carbocycles. The van der Waals surface area contributed by atoms with Gasteiger partial charge in [-0.05, 0) is 128 Å². The summed E-state index contributed by atoms with van der Waals surface area (Å²) in [7, 11) is 0. The number of hydrogen-bond donors (Lipinski definition) is 0. The molecule has 248 valence electrons. The van der Waals surface area contributed by atoms with Crippen molar-refractivity contribution in [3.05, 3.63) is 220 Å². The van der Waals surface area contributed by atoms with E-state index in [9.17, 15) is 0 Å². The molecule has 12 rings (SSSR count). The molecule has 4 bridgehead atoms. The Labute approximate surface area is 310 Å². The third-order valence-corrected chi connectivity index (χ3v) is 12.9. The highest BCUT2D eigenvalue weighted by Crippen LogP contribution is 2.66. The van der Waals surface area contributed by atoms with Crippen molar-refractivity contribution in [2.24, 2.45) is 0 Å². The average molecular weight is 674 g/mol. The molecule has 3 aliphatic carbocycles. The van der Waals surface area contributed by atoms with Crippen LogP contribution in [0, 0.1) is 6.92 Å². The van der Waals surface area contributed by atoms with Crippen molar-refractivity contribution in [1.82, 2.24) is 0 Å². The second-order valence-electron chi connectivity index (χ2n) is 15.5. The number of rotatable bonds is 2. The Kier molecular flexibility index (Phi) is 5.57. The fourth-order valence-corrected chi connectivity index (χ4v) is 10.6. The number of hydrogen-bond acceptors (Lipinski definition) is 1. The fourth-order valence-electron chi connectivity index (χ4n) is 10.6. The maximum atomic E-state index is 2.56. The van der Waals surface area contributed by atoms with Crippen molar-refractivity contribution in [1.29, 1.82) is 0 Å². The molecule has 8 aromatic carbocycles. The van der Waals surface area contributed by atoms with Crippen LogP contribution in [-0.2, 0) is 10.8 Å². The smallest absolute Gasteiger partial charge is 0.0726 e. The van der Waals surface area contributed by atoms with E-state index in [2.05, 4.69) is 195 Å². The Balaban J connectivity index is 1.21. The van der Waals surface area contributed by atoms with Crippen LogP contribution < -0.4 is 4.90 Å². The largest absolute Gasteiger partial charge is 0.310 e. The van der Waals surface area contributed by atoms with Gasteiger partial charge in [0.15, 0.2) is 0 Å². The highest BCUT2D eigenvalue weighted by atomic mass is 15.1. The van der Waals surface area contributed by atoms with E-state index in [1.807, 2.05) is 0 Å². The molecule has 8 aromatic rings. The molecule has 1 spiro atoms. The summed E-state index contributed by atoms with van der Waals surface area (Å²) < 4.78 is 0. The second-order valence-corrected chi connectivity index (χ2v) is 15.5. The van der Waals surface area contributed by atoms with Crippen LogP contribution >= 0.6 is 0 Å². The molecule has 1 nitrogen and oxygen atoms in total. The Morgan fingerprint density at radius 3 is 1.79 bits per heavy atom. The Morgan fingerprint density at radius 2 is 1.02 bits per heavy atom. The Morgan fingerprint density at radius 1 is 0.396 bits per heavy atom. The van der Waals surface area contributed by atoms with E-state index in [1.54, 1.807) is 0 Å². The van der Waals surface area contributed by atoms with E-state index < -0.39 is 5.41 Å². The minimum atomic E-state index is -0.418. The topological polar surface area (TPSA) is 3.24 Å². The van der Waals surface area contributed by atoms with Crippen molar-refractivity contribution >= 4 is 17.1 Å². The van der Waals surface area contributed by atoms with Crippen LogP contribution in [0.4, 0.5) is 17.1 Å². The number of fused-ring (bicyclic) bond motifs is 13. The van der Waals surface area contributed by atoms with E-state index in [0.717, 1.165) is 5.69 Å². The summed E-state index contributed by atoms with van der Waals surface area (Å²) >= 11 is 0. The van der Waals surface area contributed by atoms with Gasteiger partial charge in [0.25, 0.3) is 0 Å². The van der Waals surface area contributed by atoms with Crippen LogP contribution in [0.25, 0.3) is 44.5 Å². The molecule has 1 atom stereocenters. The Bertz CT molecular complexity index is 2820. The molecule has 0 N–H and O–H groups in total. The van der Waals surface area contributed by atoms with Crippen molar-refractivity contribution in [2.75, 3.05) is 4.90 Å². The first-order chi connectivity index (χ1) is 26.1. The molecule has 0 radical (unpaired) electrons. The van der Waals surface area contributed by atoms with Crippen molar-refractivity contribution < 1.29 is 0 Å². The fraction of sp³-hybridized carbons (Fsp3) is 0.0769. The van der Waals surface area contributed by atoms with Crippen molar-refractivity contribution in [2.45, 2.75) is 24.7 Å². The number of nitrogens with zero attached hydrogens (tertiary/aromatic N) is 1. The van der Waals surface area contributed by atoms with Crippen LogP contribution in [0.3, 0.4) is 0 Å². The monoisotopic (exact) mass is 673 g/mol. The summed E-state index contributed by atoms with van der Waals surface area (Å²) in [6.45, 7) is 4.67. The van der Waals surface area contributed by atoms with Crippen molar-refractivity contribution in [3.63, 3.8) is 0 Å². The molecular weight excluding hydrogens is 639 g/mol.